The van der Waals surface area contributed by atoms with Gasteiger partial charge in [-0.05, 0) is 44.7 Å². The third kappa shape index (κ3) is 3.06. The highest BCUT2D eigenvalue weighted by molar-refractivity contribution is 7.16. The van der Waals surface area contributed by atoms with Gasteiger partial charge in [0.25, 0.3) is 5.91 Å². The number of aromatic nitrogens is 1. The topological polar surface area (TPSA) is 71.1 Å². The average Bonchev–Trinajstić information content (AvgIpc) is 3.14. The van der Waals surface area contributed by atoms with Crippen LogP contribution in [0, 0.1) is 6.92 Å². The Morgan fingerprint density at radius 3 is 2.62 bits per heavy atom. The number of hydrogen-bond donors (Lipinski definition) is 2. The van der Waals surface area contributed by atoms with Crippen molar-refractivity contribution in [3.8, 4) is 0 Å². The Morgan fingerprint density at radius 2 is 1.92 bits per heavy atom. The van der Waals surface area contributed by atoms with Crippen LogP contribution in [0.2, 0.25) is 0 Å². The maximum Gasteiger partial charge on any atom is 0.257 e. The van der Waals surface area contributed by atoms with Crippen molar-refractivity contribution in [1.29, 1.82) is 0 Å². The summed E-state index contributed by atoms with van der Waals surface area (Å²) < 4.78 is 0. The van der Waals surface area contributed by atoms with E-state index in [9.17, 15) is 9.59 Å². The van der Waals surface area contributed by atoms with Gasteiger partial charge in [0, 0.05) is 16.5 Å². The molecule has 0 bridgehead atoms. The van der Waals surface area contributed by atoms with E-state index < -0.39 is 0 Å². The number of carbonyl (C=O) groups is 2. The summed E-state index contributed by atoms with van der Waals surface area (Å²) in [6, 6.07) is 7.79. The second-order valence-corrected chi connectivity index (χ2v) is 7.61. The molecule has 1 aromatic carbocycles. The van der Waals surface area contributed by atoms with Gasteiger partial charge in [-0.1, -0.05) is 17.7 Å². The number of fused-ring (bicyclic) bond motifs is 1. The highest BCUT2D eigenvalue weighted by Gasteiger charge is 2.35. The molecule has 124 valence electrons. The second kappa shape index (κ2) is 6.02. The number of nitrogens with one attached hydrogen (secondary N) is 2. The lowest BCUT2D eigenvalue weighted by atomic mass is 10.1. The Morgan fingerprint density at radius 1 is 1.17 bits per heavy atom. The zero-order valence-corrected chi connectivity index (χ0v) is 14.3. The van der Waals surface area contributed by atoms with Crippen LogP contribution >= 0.6 is 11.3 Å². The maximum atomic E-state index is 12.3. The summed E-state index contributed by atoms with van der Waals surface area (Å²) in [6.07, 6.45) is 3.84. The van der Waals surface area contributed by atoms with Gasteiger partial charge in [0.05, 0.1) is 11.6 Å². The van der Waals surface area contributed by atoms with Gasteiger partial charge in [-0.25, -0.2) is 4.98 Å². The van der Waals surface area contributed by atoms with E-state index in [1.807, 2.05) is 19.1 Å². The van der Waals surface area contributed by atoms with Crippen LogP contribution in [-0.4, -0.2) is 22.8 Å². The number of nitrogens with zero attached hydrogens (tertiary/aromatic N) is 1. The molecule has 1 fully saturated rings. The first kappa shape index (κ1) is 15.3. The van der Waals surface area contributed by atoms with Crippen molar-refractivity contribution in [1.82, 2.24) is 10.3 Å². The van der Waals surface area contributed by atoms with E-state index in [-0.39, 0.29) is 17.7 Å². The fourth-order valence-corrected chi connectivity index (χ4v) is 3.97. The summed E-state index contributed by atoms with van der Waals surface area (Å²) in [7, 11) is 0. The Kier molecular flexibility index (Phi) is 3.84. The predicted molar refractivity (Wildman–Crippen MR) is 93.5 cm³/mol. The van der Waals surface area contributed by atoms with Crippen LogP contribution in [0.15, 0.2) is 24.3 Å². The SMILES string of the molecule is Cc1ccc(C(=O)Nc2nc3c(s2)CCC3C(=O)NC2CC2)cc1. The van der Waals surface area contributed by atoms with Gasteiger partial charge < -0.3 is 5.32 Å². The molecule has 2 aliphatic carbocycles. The predicted octanol–water partition coefficient (Wildman–Crippen LogP) is 3.01. The van der Waals surface area contributed by atoms with Crippen molar-refractivity contribution in [3.63, 3.8) is 0 Å². The van der Waals surface area contributed by atoms with E-state index >= 15 is 0 Å². The molecule has 0 radical (unpaired) electrons. The molecule has 2 amide bonds. The van der Waals surface area contributed by atoms with Crippen molar-refractivity contribution in [3.05, 3.63) is 46.0 Å². The summed E-state index contributed by atoms with van der Waals surface area (Å²) in [6.45, 7) is 1.99. The molecule has 1 heterocycles. The minimum absolute atomic E-state index is 0.0814. The van der Waals surface area contributed by atoms with Crippen molar-refractivity contribution in [2.75, 3.05) is 5.32 Å². The molecule has 0 aliphatic heterocycles. The van der Waals surface area contributed by atoms with Crippen molar-refractivity contribution in [2.24, 2.45) is 0 Å². The fraction of sp³-hybridized carbons (Fsp3) is 0.389. The van der Waals surface area contributed by atoms with Crippen LogP contribution in [0.5, 0.6) is 0 Å². The van der Waals surface area contributed by atoms with E-state index in [4.69, 9.17) is 0 Å². The number of thiazole rings is 1. The summed E-state index contributed by atoms with van der Waals surface area (Å²) in [5, 5.41) is 6.49. The first-order valence-corrected chi connectivity index (χ1v) is 9.10. The van der Waals surface area contributed by atoms with Gasteiger partial charge in [-0.15, -0.1) is 11.3 Å². The van der Waals surface area contributed by atoms with Crippen LogP contribution in [0.25, 0.3) is 0 Å². The molecule has 2 aliphatic rings. The van der Waals surface area contributed by atoms with Gasteiger partial charge in [-0.3, -0.25) is 14.9 Å². The van der Waals surface area contributed by atoms with E-state index in [2.05, 4.69) is 15.6 Å². The zero-order chi connectivity index (χ0) is 16.7. The first-order valence-electron chi connectivity index (χ1n) is 8.28. The van der Waals surface area contributed by atoms with Crippen molar-refractivity contribution >= 4 is 28.3 Å². The average molecular weight is 341 g/mol. The number of benzene rings is 1. The molecule has 2 N–H and O–H groups in total. The third-order valence-corrected chi connectivity index (χ3v) is 5.54. The molecule has 2 aromatic rings. The summed E-state index contributed by atoms with van der Waals surface area (Å²) in [5.74, 6) is -0.249. The monoisotopic (exact) mass is 341 g/mol. The molecule has 1 aromatic heterocycles. The van der Waals surface area contributed by atoms with Crippen LogP contribution in [0.4, 0.5) is 5.13 Å². The van der Waals surface area contributed by atoms with Crippen molar-refractivity contribution in [2.45, 2.75) is 44.6 Å². The lowest BCUT2D eigenvalue weighted by molar-refractivity contribution is -0.122. The number of aryl methyl sites for hydroxylation is 2. The summed E-state index contributed by atoms with van der Waals surface area (Å²) in [4.78, 5) is 30.3. The summed E-state index contributed by atoms with van der Waals surface area (Å²) >= 11 is 1.48. The normalized spacial score (nSPS) is 19.0. The molecule has 1 saturated carbocycles. The first-order chi connectivity index (χ1) is 11.6. The lowest BCUT2D eigenvalue weighted by Crippen LogP contribution is -2.30. The quantitative estimate of drug-likeness (QED) is 0.898. The minimum Gasteiger partial charge on any atom is -0.353 e. The van der Waals surface area contributed by atoms with Gasteiger partial charge in [0.15, 0.2) is 5.13 Å². The maximum absolute atomic E-state index is 12.3. The molecular formula is C18H19N3O2S. The van der Waals surface area contributed by atoms with Gasteiger partial charge in [-0.2, -0.15) is 0 Å². The smallest absolute Gasteiger partial charge is 0.257 e. The number of carbonyl (C=O) groups excluding carboxylic acids is 2. The van der Waals surface area contributed by atoms with Crippen molar-refractivity contribution < 1.29 is 9.59 Å². The zero-order valence-electron chi connectivity index (χ0n) is 13.5. The van der Waals surface area contributed by atoms with Crippen LogP contribution in [0.1, 0.15) is 51.7 Å². The largest absolute Gasteiger partial charge is 0.353 e. The number of anilines is 1. The molecule has 1 atom stereocenters. The molecule has 1 unspecified atom stereocenters. The van der Waals surface area contributed by atoms with Gasteiger partial charge in [0.1, 0.15) is 0 Å². The molecule has 4 rings (SSSR count). The standard InChI is InChI=1S/C18H19N3O2S/c1-10-2-4-11(5-3-10)16(22)21-18-20-15-13(8-9-14(15)24-18)17(23)19-12-6-7-12/h2-5,12-13H,6-9H2,1H3,(H,19,23)(H,20,21,22). The number of amides is 2. The van der Waals surface area contributed by atoms with Gasteiger partial charge >= 0.3 is 0 Å². The number of rotatable bonds is 4. The molecule has 0 spiro atoms. The van der Waals surface area contributed by atoms with E-state index in [0.717, 1.165) is 41.8 Å². The fourth-order valence-electron chi connectivity index (χ4n) is 2.94. The molecule has 0 saturated heterocycles. The number of hydrogen-bond acceptors (Lipinski definition) is 4. The van der Waals surface area contributed by atoms with E-state index in [0.29, 0.717) is 16.7 Å². The Bertz CT molecular complexity index is 793. The molecule has 24 heavy (non-hydrogen) atoms. The Hall–Kier alpha value is -2.21. The minimum atomic E-state index is -0.165. The summed E-state index contributed by atoms with van der Waals surface area (Å²) in [5.41, 5.74) is 2.57. The Labute approximate surface area is 144 Å². The third-order valence-electron chi connectivity index (χ3n) is 4.49. The second-order valence-electron chi connectivity index (χ2n) is 6.52. The molecule has 5 nitrogen and oxygen atoms in total. The molecule has 6 heteroatoms. The van der Waals surface area contributed by atoms with Crippen LogP contribution < -0.4 is 10.6 Å². The van der Waals surface area contributed by atoms with Crippen LogP contribution in [-0.2, 0) is 11.2 Å². The highest BCUT2D eigenvalue weighted by atomic mass is 32.1. The van der Waals surface area contributed by atoms with E-state index in [1.54, 1.807) is 12.1 Å². The van der Waals surface area contributed by atoms with E-state index in [1.165, 1.54) is 11.3 Å². The molecular weight excluding hydrogens is 322 g/mol. The highest BCUT2D eigenvalue weighted by Crippen LogP contribution is 2.39. The van der Waals surface area contributed by atoms with Crippen LogP contribution in [0.3, 0.4) is 0 Å². The Balaban J connectivity index is 1.47. The van der Waals surface area contributed by atoms with Gasteiger partial charge in [0.2, 0.25) is 5.91 Å². The lowest BCUT2D eigenvalue weighted by Gasteiger charge is -2.09.